The van der Waals surface area contributed by atoms with Crippen molar-refractivity contribution < 1.29 is 24.9 Å². The Balaban J connectivity index is 2.06. The molecule has 120 valence electrons. The fourth-order valence-electron chi connectivity index (χ4n) is 2.73. The maximum absolute atomic E-state index is 10.5. The van der Waals surface area contributed by atoms with Crippen molar-refractivity contribution >= 4 is 16.9 Å². The van der Waals surface area contributed by atoms with Crippen LogP contribution in [0, 0.1) is 0 Å². The summed E-state index contributed by atoms with van der Waals surface area (Å²) < 4.78 is 7.19. The standard InChI is InChI=1S/C13H18N4O5/c1-13(20)9(19)8(5-18)22-12(13)17-4-3-7-10(16-21-2)14-6-15-11(7)17/h3-4,6,8-9,12,18-20H,5H2,1-2H3,(H,14,15,16). The van der Waals surface area contributed by atoms with Crippen molar-refractivity contribution in [2.24, 2.45) is 0 Å². The van der Waals surface area contributed by atoms with Gasteiger partial charge in [0.15, 0.2) is 12.0 Å². The predicted molar refractivity (Wildman–Crippen MR) is 75.8 cm³/mol. The molecule has 4 N–H and O–H groups in total. The normalized spacial score (nSPS) is 31.8. The molecule has 4 atom stereocenters. The van der Waals surface area contributed by atoms with E-state index in [1.54, 1.807) is 16.8 Å². The molecule has 3 heterocycles. The van der Waals surface area contributed by atoms with Crippen LogP contribution in [0.1, 0.15) is 13.2 Å². The van der Waals surface area contributed by atoms with Crippen LogP contribution in [0.5, 0.6) is 0 Å². The van der Waals surface area contributed by atoms with Crippen LogP contribution in [0.4, 0.5) is 5.82 Å². The summed E-state index contributed by atoms with van der Waals surface area (Å²) in [5.74, 6) is 0.475. The van der Waals surface area contributed by atoms with Crippen LogP contribution in [0.3, 0.4) is 0 Å². The van der Waals surface area contributed by atoms with Gasteiger partial charge in [-0.05, 0) is 13.0 Å². The lowest BCUT2D eigenvalue weighted by Crippen LogP contribution is -2.44. The van der Waals surface area contributed by atoms with E-state index < -0.39 is 30.6 Å². The smallest absolute Gasteiger partial charge is 0.167 e. The Morgan fingerprint density at radius 3 is 2.91 bits per heavy atom. The number of ether oxygens (including phenoxy) is 1. The number of aliphatic hydroxyl groups excluding tert-OH is 2. The molecule has 0 aliphatic carbocycles. The van der Waals surface area contributed by atoms with E-state index in [4.69, 9.17) is 9.57 Å². The zero-order valence-corrected chi connectivity index (χ0v) is 12.2. The van der Waals surface area contributed by atoms with E-state index in [0.29, 0.717) is 16.9 Å². The number of hydrogen-bond donors (Lipinski definition) is 4. The zero-order chi connectivity index (χ0) is 15.9. The van der Waals surface area contributed by atoms with E-state index in [1.165, 1.54) is 20.4 Å². The van der Waals surface area contributed by atoms with Crippen molar-refractivity contribution in [3.63, 3.8) is 0 Å². The van der Waals surface area contributed by atoms with Gasteiger partial charge < -0.3 is 24.6 Å². The molecule has 9 nitrogen and oxygen atoms in total. The Bertz CT molecular complexity index is 673. The summed E-state index contributed by atoms with van der Waals surface area (Å²) in [4.78, 5) is 13.1. The first-order chi connectivity index (χ1) is 10.5. The predicted octanol–water partition coefficient (Wildman–Crippen LogP) is -0.594. The van der Waals surface area contributed by atoms with Gasteiger partial charge in [-0.3, -0.25) is 4.84 Å². The maximum Gasteiger partial charge on any atom is 0.167 e. The summed E-state index contributed by atoms with van der Waals surface area (Å²) in [6.45, 7) is 1.07. The van der Waals surface area contributed by atoms with Gasteiger partial charge in [0.05, 0.1) is 19.1 Å². The number of nitrogens with one attached hydrogen (secondary N) is 1. The van der Waals surface area contributed by atoms with Crippen LogP contribution >= 0.6 is 0 Å². The van der Waals surface area contributed by atoms with E-state index >= 15 is 0 Å². The molecule has 1 saturated heterocycles. The fourth-order valence-corrected chi connectivity index (χ4v) is 2.73. The minimum absolute atomic E-state index is 0.390. The molecule has 3 rings (SSSR count). The number of nitrogens with zero attached hydrogens (tertiary/aromatic N) is 3. The van der Waals surface area contributed by atoms with Gasteiger partial charge in [-0.15, -0.1) is 0 Å². The minimum Gasteiger partial charge on any atom is -0.394 e. The van der Waals surface area contributed by atoms with Gasteiger partial charge in [-0.2, -0.15) is 0 Å². The average Bonchev–Trinajstić information content (AvgIpc) is 3.01. The van der Waals surface area contributed by atoms with Crippen LogP contribution in [0.2, 0.25) is 0 Å². The van der Waals surface area contributed by atoms with Crippen molar-refractivity contribution in [1.82, 2.24) is 14.5 Å². The molecule has 0 radical (unpaired) electrons. The van der Waals surface area contributed by atoms with Crippen molar-refractivity contribution in [2.45, 2.75) is 31.0 Å². The lowest BCUT2D eigenvalue weighted by molar-refractivity contribution is -0.0948. The highest BCUT2D eigenvalue weighted by molar-refractivity contribution is 5.87. The van der Waals surface area contributed by atoms with Gasteiger partial charge in [0.25, 0.3) is 0 Å². The Hall–Kier alpha value is -1.78. The highest BCUT2D eigenvalue weighted by Crippen LogP contribution is 2.39. The van der Waals surface area contributed by atoms with Crippen LogP contribution in [0.15, 0.2) is 18.6 Å². The summed E-state index contributed by atoms with van der Waals surface area (Å²) in [5, 5.41) is 30.5. The molecule has 2 aromatic rings. The Kier molecular flexibility index (Phi) is 3.75. The molecule has 1 aliphatic rings. The second-order valence-corrected chi connectivity index (χ2v) is 5.37. The molecule has 2 aromatic heterocycles. The minimum atomic E-state index is -1.57. The van der Waals surface area contributed by atoms with E-state index in [2.05, 4.69) is 15.4 Å². The van der Waals surface area contributed by atoms with Crippen molar-refractivity contribution in [1.29, 1.82) is 0 Å². The molecule has 4 unspecified atom stereocenters. The second-order valence-electron chi connectivity index (χ2n) is 5.37. The largest absolute Gasteiger partial charge is 0.394 e. The maximum atomic E-state index is 10.5. The second kappa shape index (κ2) is 5.45. The summed E-state index contributed by atoms with van der Waals surface area (Å²) in [7, 11) is 1.47. The van der Waals surface area contributed by atoms with E-state index in [1.807, 2.05) is 0 Å². The van der Waals surface area contributed by atoms with Gasteiger partial charge in [0, 0.05) is 6.20 Å². The third kappa shape index (κ3) is 2.14. The first-order valence-corrected chi connectivity index (χ1v) is 6.78. The summed E-state index contributed by atoms with van der Waals surface area (Å²) in [5.41, 5.74) is 1.58. The van der Waals surface area contributed by atoms with E-state index in [0.717, 1.165) is 0 Å². The van der Waals surface area contributed by atoms with Crippen LogP contribution in [0.25, 0.3) is 11.0 Å². The van der Waals surface area contributed by atoms with Crippen LogP contribution < -0.4 is 5.48 Å². The quantitative estimate of drug-likeness (QED) is 0.553. The number of aliphatic hydroxyl groups is 3. The first kappa shape index (κ1) is 15.1. The van der Waals surface area contributed by atoms with Gasteiger partial charge in [0.1, 0.15) is 29.8 Å². The fraction of sp³-hybridized carbons (Fsp3) is 0.538. The molecule has 0 amide bonds. The monoisotopic (exact) mass is 310 g/mol. The van der Waals surface area contributed by atoms with E-state index in [-0.39, 0.29) is 0 Å². The summed E-state index contributed by atoms with van der Waals surface area (Å²) >= 11 is 0. The van der Waals surface area contributed by atoms with Gasteiger partial charge in [0.2, 0.25) is 0 Å². The van der Waals surface area contributed by atoms with Crippen LogP contribution in [-0.4, -0.2) is 61.4 Å². The number of aromatic nitrogens is 3. The van der Waals surface area contributed by atoms with Crippen molar-refractivity contribution in [2.75, 3.05) is 19.2 Å². The molecule has 0 bridgehead atoms. The van der Waals surface area contributed by atoms with Crippen molar-refractivity contribution in [3.8, 4) is 0 Å². The average molecular weight is 310 g/mol. The molecule has 0 saturated carbocycles. The van der Waals surface area contributed by atoms with Gasteiger partial charge in [-0.1, -0.05) is 0 Å². The molecule has 9 heteroatoms. The highest BCUT2D eigenvalue weighted by Gasteiger charge is 2.53. The summed E-state index contributed by atoms with van der Waals surface area (Å²) in [6, 6.07) is 1.74. The first-order valence-electron chi connectivity index (χ1n) is 6.78. The molecule has 1 aliphatic heterocycles. The van der Waals surface area contributed by atoms with E-state index in [9.17, 15) is 15.3 Å². The molecule has 0 spiro atoms. The molecular weight excluding hydrogens is 292 g/mol. The molecule has 1 fully saturated rings. The number of rotatable bonds is 4. The lowest BCUT2D eigenvalue weighted by Gasteiger charge is -2.27. The number of anilines is 1. The third-order valence-corrected chi connectivity index (χ3v) is 3.90. The Morgan fingerprint density at radius 2 is 2.27 bits per heavy atom. The number of hydrogen-bond acceptors (Lipinski definition) is 8. The molecular formula is C13H18N4O5. The summed E-state index contributed by atoms with van der Waals surface area (Å²) in [6.07, 6.45) is 0.0620. The highest BCUT2D eigenvalue weighted by atomic mass is 16.6. The Morgan fingerprint density at radius 1 is 1.50 bits per heavy atom. The van der Waals surface area contributed by atoms with Crippen LogP contribution in [-0.2, 0) is 9.57 Å². The Labute approximate surface area is 126 Å². The lowest BCUT2D eigenvalue weighted by atomic mass is 9.96. The zero-order valence-electron chi connectivity index (χ0n) is 12.2. The van der Waals surface area contributed by atoms with Crippen molar-refractivity contribution in [3.05, 3.63) is 18.6 Å². The molecule has 22 heavy (non-hydrogen) atoms. The SMILES string of the molecule is CONc1ncnc2c1ccn2C1OC(CO)C(O)C1(C)O. The van der Waals surface area contributed by atoms with Gasteiger partial charge >= 0.3 is 0 Å². The topological polar surface area (TPSA) is 122 Å². The molecule has 0 aromatic carbocycles. The number of fused-ring (bicyclic) bond motifs is 1. The van der Waals surface area contributed by atoms with Gasteiger partial charge in [-0.25, -0.2) is 15.4 Å². The third-order valence-electron chi connectivity index (χ3n) is 3.90.